The number of nitriles is 1. The average Bonchev–Trinajstić information content (AvgIpc) is 4.16. The van der Waals surface area contributed by atoms with Gasteiger partial charge in [0.2, 0.25) is 0 Å². The predicted molar refractivity (Wildman–Crippen MR) is 318 cm³/mol. The first-order valence-electron chi connectivity index (χ1n) is 26.7. The van der Waals surface area contributed by atoms with Gasteiger partial charge in [-0.3, -0.25) is 9.97 Å². The van der Waals surface area contributed by atoms with Crippen molar-refractivity contribution in [3.8, 4) is 68.3 Å². The van der Waals surface area contributed by atoms with Crippen LogP contribution in [0.3, 0.4) is 0 Å². The van der Waals surface area contributed by atoms with Gasteiger partial charge in [-0.1, -0.05) is 109 Å². The Balaban J connectivity index is 0.819. The second-order valence-corrected chi connectivity index (χ2v) is 20.8. The van der Waals surface area contributed by atoms with Crippen molar-refractivity contribution < 1.29 is 4.74 Å². The third-order valence-electron chi connectivity index (χ3n) is 16.8. The molecule has 0 fully saturated rings. The minimum absolute atomic E-state index is 0.626. The molecule has 1 spiro atoms. The van der Waals surface area contributed by atoms with Gasteiger partial charge in [-0.15, -0.1) is 0 Å². The third-order valence-corrected chi connectivity index (χ3v) is 16.8. The molecule has 0 N–H and O–H groups in total. The van der Waals surface area contributed by atoms with Crippen LogP contribution in [0, 0.1) is 11.3 Å². The molecule has 79 heavy (non-hydrogen) atoms. The molecule has 7 nitrogen and oxygen atoms in total. The van der Waals surface area contributed by atoms with Gasteiger partial charge < -0.3 is 18.4 Å². The fourth-order valence-corrected chi connectivity index (χ4v) is 13.5. The first-order valence-corrected chi connectivity index (χ1v) is 26.7. The topological polar surface area (TPSA) is 73.6 Å². The lowest BCUT2D eigenvalue weighted by atomic mass is 9.65. The van der Waals surface area contributed by atoms with E-state index >= 15 is 0 Å². The molecule has 1 aliphatic carbocycles. The largest absolute Gasteiger partial charge is 0.457 e. The monoisotopic (exact) mass is 1010 g/mol. The molecule has 17 rings (SSSR count). The van der Waals surface area contributed by atoms with Crippen LogP contribution < -0.4 is 4.74 Å². The Morgan fingerprint density at radius 3 is 1.23 bits per heavy atom. The Bertz CT molecular complexity index is 5030. The Kier molecular flexibility index (Phi) is 8.99. The second-order valence-electron chi connectivity index (χ2n) is 20.8. The number of fused-ring (bicyclic) bond motifs is 18. The van der Waals surface area contributed by atoms with Gasteiger partial charge in [0.1, 0.15) is 11.5 Å². The van der Waals surface area contributed by atoms with Gasteiger partial charge in [0.05, 0.1) is 61.5 Å². The lowest BCUT2D eigenvalue weighted by Crippen LogP contribution is -2.32. The highest BCUT2D eigenvalue weighted by molar-refractivity contribution is 6.13. The zero-order valence-corrected chi connectivity index (χ0v) is 42.3. The van der Waals surface area contributed by atoms with Gasteiger partial charge in [-0.05, 0) is 167 Å². The Hall–Kier alpha value is -10.8. The number of hydrogen-bond donors (Lipinski definition) is 0. The summed E-state index contributed by atoms with van der Waals surface area (Å²) in [6.07, 6.45) is 3.74. The van der Waals surface area contributed by atoms with Crippen LogP contribution in [0.5, 0.6) is 11.5 Å². The molecule has 0 atom stereocenters. The fraction of sp³-hybridized carbons (Fsp3) is 0.0139. The molecule has 0 radical (unpaired) electrons. The van der Waals surface area contributed by atoms with Gasteiger partial charge in [-0.25, -0.2) is 0 Å². The molecule has 0 unspecified atom stereocenters. The number of para-hydroxylation sites is 4. The molecule has 1 aliphatic heterocycles. The van der Waals surface area contributed by atoms with E-state index in [1.165, 1.54) is 32.6 Å². The van der Waals surface area contributed by atoms with Gasteiger partial charge in [0, 0.05) is 72.9 Å². The molecule has 2 aliphatic rings. The molecule has 366 valence electrons. The van der Waals surface area contributed by atoms with Gasteiger partial charge in [-0.2, -0.15) is 5.26 Å². The van der Waals surface area contributed by atoms with Crippen LogP contribution in [-0.4, -0.2) is 23.7 Å². The number of nitrogens with zero attached hydrogens (tertiary/aromatic N) is 6. The summed E-state index contributed by atoms with van der Waals surface area (Å²) in [6, 6.07) is 89.2. The zero-order chi connectivity index (χ0) is 51.9. The average molecular weight is 1010 g/mol. The summed E-state index contributed by atoms with van der Waals surface area (Å²) in [7, 11) is 0. The van der Waals surface area contributed by atoms with Crippen LogP contribution in [0.15, 0.2) is 255 Å². The number of rotatable bonds is 5. The second kappa shape index (κ2) is 16.3. The van der Waals surface area contributed by atoms with Crippen molar-refractivity contribution in [2.24, 2.45) is 0 Å². The van der Waals surface area contributed by atoms with E-state index in [9.17, 15) is 5.26 Å². The summed E-state index contributed by atoms with van der Waals surface area (Å²) >= 11 is 0. The van der Waals surface area contributed by atoms with Crippen molar-refractivity contribution in [1.82, 2.24) is 23.7 Å². The lowest BCUT2D eigenvalue weighted by molar-refractivity contribution is 0.436. The highest BCUT2D eigenvalue weighted by Gasteiger charge is 2.52. The van der Waals surface area contributed by atoms with E-state index < -0.39 is 5.41 Å². The van der Waals surface area contributed by atoms with Crippen LogP contribution in [0.25, 0.3) is 116 Å². The normalized spacial score (nSPS) is 13.0. The number of hydrogen-bond acceptors (Lipinski definition) is 4. The third kappa shape index (κ3) is 6.05. The SMILES string of the molecule is N#Cc1ccc2c(c1)c1cc(-c3ccc4c(c3)C3(c5cc(-c6ccc7c(c6)c6ccccc6n7-c6ccc(-n7c8ccccc8c8ccccc87)cc6)ccc5O4)c4cccnc4-c4ncccc43)ccc1n2-c1ccccc1. The maximum Gasteiger partial charge on any atom is 0.132 e. The standard InChI is InChI=1S/C72H42N6O/c73-43-44-22-31-65-55(38-44)57-40-46(24-33-67(57)76(65)49-12-2-1-3-13-49)48-26-35-69-61(42-48)72(58-17-10-36-74-70(58)71-59(72)18-11-37-75-71)60-41-47(25-34-68(60)79-69)45-23-32-66-56(39-45)54-16-6-9-21-64(54)78(66)51-29-27-50(28-30-51)77-62-19-7-4-14-52(62)53-15-5-8-20-63(53)77/h1-42H. The van der Waals surface area contributed by atoms with Gasteiger partial charge in [0.25, 0.3) is 0 Å². The van der Waals surface area contributed by atoms with Gasteiger partial charge in [0.15, 0.2) is 0 Å². The molecule has 0 saturated heterocycles. The van der Waals surface area contributed by atoms with Crippen molar-refractivity contribution in [2.75, 3.05) is 0 Å². The van der Waals surface area contributed by atoms with E-state index in [4.69, 9.17) is 14.7 Å². The van der Waals surface area contributed by atoms with Crippen molar-refractivity contribution >= 4 is 65.4 Å². The van der Waals surface area contributed by atoms with Crippen molar-refractivity contribution in [3.05, 3.63) is 283 Å². The van der Waals surface area contributed by atoms with E-state index in [0.29, 0.717) is 5.56 Å². The van der Waals surface area contributed by atoms with Gasteiger partial charge >= 0.3 is 0 Å². The molecule has 7 heteroatoms. The van der Waals surface area contributed by atoms with E-state index in [-0.39, 0.29) is 0 Å². The maximum absolute atomic E-state index is 10.0. The number of aromatic nitrogens is 5. The molecule has 0 amide bonds. The minimum atomic E-state index is -0.817. The fourth-order valence-electron chi connectivity index (χ4n) is 13.5. The number of ether oxygens (including phenoxy) is 1. The van der Waals surface area contributed by atoms with Crippen LogP contribution in [0.1, 0.15) is 27.8 Å². The van der Waals surface area contributed by atoms with Crippen molar-refractivity contribution in [2.45, 2.75) is 5.41 Å². The first kappa shape index (κ1) is 43.4. The summed E-state index contributed by atoms with van der Waals surface area (Å²) in [6.45, 7) is 0. The molecule has 10 aromatic carbocycles. The van der Waals surface area contributed by atoms with Crippen LogP contribution in [0.2, 0.25) is 0 Å². The minimum Gasteiger partial charge on any atom is -0.457 e. The van der Waals surface area contributed by atoms with Crippen LogP contribution >= 0.6 is 0 Å². The van der Waals surface area contributed by atoms with Crippen LogP contribution in [0.4, 0.5) is 0 Å². The number of pyridine rings is 2. The first-order chi connectivity index (χ1) is 39.1. The summed E-state index contributed by atoms with van der Waals surface area (Å²) < 4.78 is 14.1. The summed E-state index contributed by atoms with van der Waals surface area (Å²) in [5.74, 6) is 1.58. The Morgan fingerprint density at radius 1 is 0.329 bits per heavy atom. The van der Waals surface area contributed by atoms with E-state index in [0.717, 1.165) is 117 Å². The quantitative estimate of drug-likeness (QED) is 0.172. The summed E-state index contributed by atoms with van der Waals surface area (Å²) in [5.41, 5.74) is 20.1. The molecular weight excluding hydrogens is 965 g/mol. The van der Waals surface area contributed by atoms with Crippen molar-refractivity contribution in [3.63, 3.8) is 0 Å². The molecule has 6 heterocycles. The predicted octanol–water partition coefficient (Wildman–Crippen LogP) is 17.4. The van der Waals surface area contributed by atoms with E-state index in [1.54, 1.807) is 0 Å². The Labute approximate surface area is 453 Å². The maximum atomic E-state index is 10.0. The molecular formula is C72H42N6O. The number of benzene rings is 10. The molecule has 5 aromatic heterocycles. The van der Waals surface area contributed by atoms with Crippen molar-refractivity contribution in [1.29, 1.82) is 5.26 Å². The molecule has 0 bridgehead atoms. The molecule has 15 aromatic rings. The lowest BCUT2D eigenvalue weighted by Gasteiger charge is -2.39. The highest BCUT2D eigenvalue weighted by atomic mass is 16.5. The smallest absolute Gasteiger partial charge is 0.132 e. The van der Waals surface area contributed by atoms with Crippen LogP contribution in [-0.2, 0) is 5.41 Å². The van der Waals surface area contributed by atoms with E-state index in [2.05, 4.69) is 232 Å². The Morgan fingerprint density at radius 2 is 0.722 bits per heavy atom. The highest BCUT2D eigenvalue weighted by Crippen LogP contribution is 2.62. The summed E-state index contributed by atoms with van der Waals surface area (Å²) in [5, 5.41) is 17.0. The van der Waals surface area contributed by atoms with E-state index in [1.807, 2.05) is 42.7 Å². The molecule has 0 saturated carbocycles. The zero-order valence-electron chi connectivity index (χ0n) is 42.3. The summed E-state index contributed by atoms with van der Waals surface area (Å²) in [4.78, 5) is 10.1.